The van der Waals surface area contributed by atoms with E-state index in [2.05, 4.69) is 11.9 Å². The largest absolute Gasteiger partial charge is 1.00 e. The Morgan fingerprint density at radius 3 is 2.91 bits per heavy atom. The van der Waals surface area contributed by atoms with Crippen LogP contribution in [-0.2, 0) is 0 Å². The van der Waals surface area contributed by atoms with Crippen LogP contribution >= 0.6 is 0 Å². The van der Waals surface area contributed by atoms with Gasteiger partial charge in [-0.1, -0.05) is 6.07 Å². The summed E-state index contributed by atoms with van der Waals surface area (Å²) in [5.41, 5.74) is 2.06. The Labute approximate surface area is 77.4 Å². The van der Waals surface area contributed by atoms with Gasteiger partial charge in [0, 0.05) is 0 Å². The van der Waals surface area contributed by atoms with Crippen molar-refractivity contribution in [2.75, 3.05) is 0 Å². The molecule has 2 nitrogen and oxygen atoms in total. The van der Waals surface area contributed by atoms with Gasteiger partial charge >= 0.3 is 18.9 Å². The zero-order valence-electron chi connectivity index (χ0n) is 6.49. The van der Waals surface area contributed by atoms with E-state index >= 15 is 0 Å². The van der Waals surface area contributed by atoms with E-state index in [1.807, 2.05) is 28.8 Å². The summed E-state index contributed by atoms with van der Waals surface area (Å²) in [6.45, 7) is 3.84. The van der Waals surface area contributed by atoms with E-state index < -0.39 is 0 Å². The van der Waals surface area contributed by atoms with Crippen LogP contribution < -0.4 is 18.9 Å². The SMILES string of the molecule is [CH2-]c1cccc2cncn12.[Li+]. The van der Waals surface area contributed by atoms with Crippen LogP contribution in [0.25, 0.3) is 5.52 Å². The van der Waals surface area contributed by atoms with Gasteiger partial charge in [0.2, 0.25) is 0 Å². The van der Waals surface area contributed by atoms with Crippen LogP contribution in [0.5, 0.6) is 0 Å². The van der Waals surface area contributed by atoms with Crippen molar-refractivity contribution >= 4 is 5.52 Å². The van der Waals surface area contributed by atoms with Gasteiger partial charge in [-0.3, -0.25) is 0 Å². The molecule has 0 atom stereocenters. The summed E-state index contributed by atoms with van der Waals surface area (Å²) >= 11 is 0. The van der Waals surface area contributed by atoms with Gasteiger partial charge in [-0.2, -0.15) is 6.07 Å². The zero-order chi connectivity index (χ0) is 6.97. The molecule has 2 heterocycles. The van der Waals surface area contributed by atoms with Crippen LogP contribution in [0.2, 0.25) is 0 Å². The first-order valence-corrected chi connectivity index (χ1v) is 3.11. The van der Waals surface area contributed by atoms with Crippen molar-refractivity contribution < 1.29 is 18.9 Å². The first kappa shape index (κ1) is 8.26. The minimum absolute atomic E-state index is 0. The zero-order valence-corrected chi connectivity index (χ0v) is 6.49. The summed E-state index contributed by atoms with van der Waals surface area (Å²) in [7, 11) is 0. The van der Waals surface area contributed by atoms with E-state index in [0.29, 0.717) is 0 Å². The maximum atomic E-state index is 3.99. The molecule has 2 aromatic heterocycles. The molecule has 0 fully saturated rings. The molecule has 0 amide bonds. The van der Waals surface area contributed by atoms with Gasteiger partial charge < -0.3 is 4.40 Å². The molecule has 11 heavy (non-hydrogen) atoms. The topological polar surface area (TPSA) is 17.3 Å². The summed E-state index contributed by atoms with van der Waals surface area (Å²) in [4.78, 5) is 3.99. The van der Waals surface area contributed by atoms with Crippen LogP contribution in [0.1, 0.15) is 5.69 Å². The third-order valence-corrected chi connectivity index (χ3v) is 1.53. The van der Waals surface area contributed by atoms with E-state index in [0.717, 1.165) is 11.2 Å². The molecule has 0 aliphatic heterocycles. The molecule has 0 radical (unpaired) electrons. The van der Waals surface area contributed by atoms with Crippen molar-refractivity contribution in [2.45, 2.75) is 0 Å². The number of pyridine rings is 1. The Kier molecular flexibility index (Phi) is 2.28. The average Bonchev–Trinajstić information content (AvgIpc) is 2.36. The Morgan fingerprint density at radius 2 is 2.18 bits per heavy atom. The van der Waals surface area contributed by atoms with Crippen molar-refractivity contribution in [3.63, 3.8) is 0 Å². The van der Waals surface area contributed by atoms with Gasteiger partial charge in [-0.05, 0) is 0 Å². The minimum Gasteiger partial charge on any atom is -0.335 e. The number of rotatable bonds is 0. The Balaban J connectivity index is 0.000000605. The van der Waals surface area contributed by atoms with Crippen molar-refractivity contribution in [3.05, 3.63) is 43.3 Å². The monoisotopic (exact) mass is 138 g/mol. The number of imidazole rings is 1. The van der Waals surface area contributed by atoms with Crippen molar-refractivity contribution in [1.29, 1.82) is 0 Å². The molecular weight excluding hydrogens is 131 g/mol. The molecule has 0 aliphatic rings. The predicted octanol–water partition coefficient (Wildman–Crippen LogP) is -1.48. The molecule has 0 aromatic carbocycles. The maximum Gasteiger partial charge on any atom is 1.00 e. The summed E-state index contributed by atoms with van der Waals surface area (Å²) < 4.78 is 1.94. The molecule has 3 heteroatoms. The molecule has 2 aromatic rings. The summed E-state index contributed by atoms with van der Waals surface area (Å²) in [6, 6.07) is 5.93. The Morgan fingerprint density at radius 1 is 1.36 bits per heavy atom. The molecule has 0 saturated heterocycles. The molecule has 0 spiro atoms. The first-order chi connectivity index (χ1) is 4.88. The second-order valence-corrected chi connectivity index (χ2v) is 2.21. The van der Waals surface area contributed by atoms with E-state index in [9.17, 15) is 0 Å². The minimum atomic E-state index is 0. The van der Waals surface area contributed by atoms with Gasteiger partial charge in [0.25, 0.3) is 0 Å². The van der Waals surface area contributed by atoms with Gasteiger partial charge in [0.1, 0.15) is 0 Å². The standard InChI is InChI=1S/C8H7N2.Li/c1-7-3-2-4-8-5-9-6-10(7)8;/h2-6H,1H2;/q-1;+1. The quantitative estimate of drug-likeness (QED) is 0.320. The average molecular weight is 138 g/mol. The van der Waals surface area contributed by atoms with Crippen molar-refractivity contribution in [3.8, 4) is 0 Å². The third-order valence-electron chi connectivity index (χ3n) is 1.53. The summed E-state index contributed by atoms with van der Waals surface area (Å²) in [6.07, 6.45) is 3.58. The molecule has 0 N–H and O–H groups in total. The molecule has 0 unspecified atom stereocenters. The second-order valence-electron chi connectivity index (χ2n) is 2.21. The number of aromatic nitrogens is 2. The first-order valence-electron chi connectivity index (χ1n) is 3.11. The van der Waals surface area contributed by atoms with E-state index in [-0.39, 0.29) is 18.9 Å². The van der Waals surface area contributed by atoms with Crippen LogP contribution in [0.15, 0.2) is 30.7 Å². The molecule has 0 saturated carbocycles. The van der Waals surface area contributed by atoms with Crippen LogP contribution in [0.4, 0.5) is 0 Å². The normalized spacial score (nSPS) is 9.45. The Bertz CT molecular complexity index is 354. The smallest absolute Gasteiger partial charge is 0.335 e. The van der Waals surface area contributed by atoms with Gasteiger partial charge in [0.05, 0.1) is 18.0 Å². The summed E-state index contributed by atoms with van der Waals surface area (Å²) in [5.74, 6) is 0. The van der Waals surface area contributed by atoms with E-state index in [1.54, 1.807) is 6.33 Å². The summed E-state index contributed by atoms with van der Waals surface area (Å²) in [5, 5.41) is 0. The van der Waals surface area contributed by atoms with E-state index in [4.69, 9.17) is 0 Å². The number of hydrogen-bond donors (Lipinski definition) is 0. The molecular formula is C8H7LiN2. The van der Waals surface area contributed by atoms with E-state index in [1.165, 1.54) is 0 Å². The van der Waals surface area contributed by atoms with Gasteiger partial charge in [-0.15, -0.1) is 11.8 Å². The molecule has 50 valence electrons. The number of nitrogens with zero attached hydrogens (tertiary/aromatic N) is 2. The number of hydrogen-bond acceptors (Lipinski definition) is 1. The fraction of sp³-hybridized carbons (Fsp3) is 0. The van der Waals surface area contributed by atoms with Crippen molar-refractivity contribution in [1.82, 2.24) is 9.38 Å². The van der Waals surface area contributed by atoms with Gasteiger partial charge in [0.15, 0.2) is 0 Å². The second kappa shape index (κ2) is 3.04. The fourth-order valence-corrected chi connectivity index (χ4v) is 1.01. The fourth-order valence-electron chi connectivity index (χ4n) is 1.01. The van der Waals surface area contributed by atoms with Crippen LogP contribution in [-0.4, -0.2) is 9.38 Å². The Hall–Kier alpha value is -0.843. The maximum absolute atomic E-state index is 3.99. The van der Waals surface area contributed by atoms with Gasteiger partial charge in [-0.25, -0.2) is 11.9 Å². The number of fused-ring (bicyclic) bond motifs is 1. The molecule has 0 bridgehead atoms. The van der Waals surface area contributed by atoms with Crippen molar-refractivity contribution in [2.24, 2.45) is 0 Å². The molecule has 2 rings (SSSR count). The van der Waals surface area contributed by atoms with Crippen LogP contribution in [0.3, 0.4) is 0 Å². The van der Waals surface area contributed by atoms with Crippen LogP contribution in [0, 0.1) is 6.92 Å². The third kappa shape index (κ3) is 1.28. The molecule has 0 aliphatic carbocycles. The predicted molar refractivity (Wildman–Crippen MR) is 39.7 cm³/mol.